The molecule has 1 amide bonds. The summed E-state index contributed by atoms with van der Waals surface area (Å²) in [4.78, 5) is 22.4. The summed E-state index contributed by atoms with van der Waals surface area (Å²) in [7, 11) is 1.24. The number of nitrogens with zero attached hydrogens (tertiary/aromatic N) is 1. The third-order valence-corrected chi connectivity index (χ3v) is 3.50. The van der Waals surface area contributed by atoms with E-state index in [1.54, 1.807) is 0 Å². The zero-order valence-corrected chi connectivity index (χ0v) is 13.3. The molecule has 2 rings (SSSR count). The lowest BCUT2D eigenvalue weighted by Gasteiger charge is -2.11. The molecule has 1 N–H and O–H groups in total. The summed E-state index contributed by atoms with van der Waals surface area (Å²) in [6.45, 7) is 0. The lowest BCUT2D eigenvalue weighted by molar-refractivity contribution is -0.385. The second-order valence-corrected chi connectivity index (χ2v) is 5.20. The standard InChI is InChI=1S/C15H10ClF3N2O4/c1-25-13-5-2-8(6-12(13)21(23)24)14(22)20-11-4-3-9(7-10(11)16)15(17,18)19/h2-7H,1H3,(H,20,22). The lowest BCUT2D eigenvalue weighted by atomic mass is 10.1. The molecule has 25 heavy (non-hydrogen) atoms. The first-order chi connectivity index (χ1) is 11.6. The van der Waals surface area contributed by atoms with Crippen molar-refractivity contribution in [2.45, 2.75) is 6.18 Å². The molecule has 10 heteroatoms. The minimum Gasteiger partial charge on any atom is -0.490 e. The monoisotopic (exact) mass is 374 g/mol. The van der Waals surface area contributed by atoms with Crippen LogP contribution in [0.1, 0.15) is 15.9 Å². The average molecular weight is 375 g/mol. The van der Waals surface area contributed by atoms with Crippen LogP contribution in [0.25, 0.3) is 0 Å². The molecule has 0 aromatic heterocycles. The van der Waals surface area contributed by atoms with Gasteiger partial charge in [0.15, 0.2) is 5.75 Å². The largest absolute Gasteiger partial charge is 0.490 e. The number of nitro groups is 1. The summed E-state index contributed by atoms with van der Waals surface area (Å²) in [5.74, 6) is -0.804. The van der Waals surface area contributed by atoms with Gasteiger partial charge in [0.25, 0.3) is 5.91 Å². The molecular weight excluding hydrogens is 365 g/mol. The fraction of sp³-hybridized carbons (Fsp3) is 0.133. The van der Waals surface area contributed by atoms with Gasteiger partial charge in [0, 0.05) is 11.6 Å². The van der Waals surface area contributed by atoms with E-state index < -0.39 is 28.3 Å². The summed E-state index contributed by atoms with van der Waals surface area (Å²) >= 11 is 5.75. The molecular formula is C15H10ClF3N2O4. The molecule has 0 radical (unpaired) electrons. The van der Waals surface area contributed by atoms with E-state index in [-0.39, 0.29) is 22.0 Å². The summed E-state index contributed by atoms with van der Waals surface area (Å²) in [5.41, 5.74) is -1.52. The smallest absolute Gasteiger partial charge is 0.416 e. The van der Waals surface area contributed by atoms with E-state index >= 15 is 0 Å². The average Bonchev–Trinajstić information content (AvgIpc) is 2.54. The molecule has 0 bridgehead atoms. The van der Waals surface area contributed by atoms with Gasteiger partial charge in [0.05, 0.1) is 28.3 Å². The van der Waals surface area contributed by atoms with Gasteiger partial charge in [-0.05, 0) is 30.3 Å². The number of hydrogen-bond donors (Lipinski definition) is 1. The van der Waals surface area contributed by atoms with Gasteiger partial charge in [-0.3, -0.25) is 14.9 Å². The number of methoxy groups -OCH3 is 1. The van der Waals surface area contributed by atoms with Crippen LogP contribution in [0.5, 0.6) is 5.75 Å². The number of ether oxygens (including phenoxy) is 1. The van der Waals surface area contributed by atoms with Crippen molar-refractivity contribution in [3.8, 4) is 5.75 Å². The van der Waals surface area contributed by atoms with Crippen LogP contribution in [0.15, 0.2) is 36.4 Å². The Morgan fingerprint density at radius 1 is 1.24 bits per heavy atom. The number of carbonyl (C=O) groups is 1. The number of carbonyl (C=O) groups excluding carboxylic acids is 1. The van der Waals surface area contributed by atoms with Crippen molar-refractivity contribution in [3.05, 3.63) is 62.7 Å². The Morgan fingerprint density at radius 3 is 2.44 bits per heavy atom. The Balaban J connectivity index is 2.28. The maximum atomic E-state index is 12.6. The Hall–Kier alpha value is -2.81. The van der Waals surface area contributed by atoms with Gasteiger partial charge in [0.1, 0.15) is 0 Å². The van der Waals surface area contributed by atoms with Crippen molar-refractivity contribution in [2.75, 3.05) is 12.4 Å². The summed E-state index contributed by atoms with van der Waals surface area (Å²) < 4.78 is 42.6. The maximum Gasteiger partial charge on any atom is 0.416 e. The Morgan fingerprint density at radius 2 is 1.92 bits per heavy atom. The zero-order valence-electron chi connectivity index (χ0n) is 12.6. The van der Waals surface area contributed by atoms with E-state index in [1.165, 1.54) is 19.2 Å². The number of alkyl halides is 3. The van der Waals surface area contributed by atoms with Crippen LogP contribution in [-0.4, -0.2) is 17.9 Å². The van der Waals surface area contributed by atoms with E-state index in [4.69, 9.17) is 16.3 Å². The number of benzene rings is 2. The molecule has 132 valence electrons. The molecule has 0 heterocycles. The molecule has 0 fully saturated rings. The van der Waals surface area contributed by atoms with Crippen LogP contribution in [0.2, 0.25) is 5.02 Å². The Kier molecular flexibility index (Phi) is 5.17. The molecule has 0 unspecified atom stereocenters. The van der Waals surface area contributed by atoms with Crippen molar-refractivity contribution in [1.29, 1.82) is 0 Å². The van der Waals surface area contributed by atoms with E-state index in [1.807, 2.05) is 0 Å². The normalized spacial score (nSPS) is 11.1. The van der Waals surface area contributed by atoms with E-state index in [9.17, 15) is 28.1 Å². The summed E-state index contributed by atoms with van der Waals surface area (Å²) in [6, 6.07) is 5.94. The van der Waals surface area contributed by atoms with E-state index in [0.29, 0.717) is 6.07 Å². The number of rotatable bonds is 4. The summed E-state index contributed by atoms with van der Waals surface area (Å²) in [5, 5.41) is 13.0. The second kappa shape index (κ2) is 6.98. The number of nitro benzene ring substituents is 1. The number of anilines is 1. The van der Waals surface area contributed by atoms with Crippen molar-refractivity contribution < 1.29 is 27.6 Å². The Labute approximate surface area is 144 Å². The molecule has 0 saturated heterocycles. The number of amides is 1. The molecule has 0 saturated carbocycles. The van der Waals surface area contributed by atoms with Crippen LogP contribution in [0.4, 0.5) is 24.5 Å². The predicted octanol–water partition coefficient (Wildman–Crippen LogP) is 4.53. The molecule has 6 nitrogen and oxygen atoms in total. The number of hydrogen-bond acceptors (Lipinski definition) is 4. The van der Waals surface area contributed by atoms with Crippen LogP contribution >= 0.6 is 11.6 Å². The minimum atomic E-state index is -4.57. The second-order valence-electron chi connectivity index (χ2n) is 4.79. The molecule has 2 aromatic carbocycles. The molecule has 0 aliphatic carbocycles. The van der Waals surface area contributed by atoms with Gasteiger partial charge in [-0.2, -0.15) is 13.2 Å². The van der Waals surface area contributed by atoms with Gasteiger partial charge in [-0.25, -0.2) is 0 Å². The van der Waals surface area contributed by atoms with Crippen LogP contribution in [0, 0.1) is 10.1 Å². The first kappa shape index (κ1) is 18.5. The van der Waals surface area contributed by atoms with Crippen LogP contribution < -0.4 is 10.1 Å². The van der Waals surface area contributed by atoms with Gasteiger partial charge in [-0.15, -0.1) is 0 Å². The zero-order chi connectivity index (χ0) is 18.8. The molecule has 0 atom stereocenters. The first-order valence-corrected chi connectivity index (χ1v) is 7.02. The van der Waals surface area contributed by atoms with E-state index in [0.717, 1.165) is 18.2 Å². The minimum absolute atomic E-state index is 0.0332. The van der Waals surface area contributed by atoms with Crippen LogP contribution in [-0.2, 0) is 6.18 Å². The van der Waals surface area contributed by atoms with Gasteiger partial charge in [-0.1, -0.05) is 11.6 Å². The fourth-order valence-corrected chi connectivity index (χ4v) is 2.19. The highest BCUT2D eigenvalue weighted by molar-refractivity contribution is 6.34. The quantitative estimate of drug-likeness (QED) is 0.629. The fourth-order valence-electron chi connectivity index (χ4n) is 1.96. The van der Waals surface area contributed by atoms with Crippen molar-refractivity contribution >= 4 is 28.9 Å². The SMILES string of the molecule is COc1ccc(C(=O)Nc2ccc(C(F)(F)F)cc2Cl)cc1[N+](=O)[O-]. The Bertz CT molecular complexity index is 840. The van der Waals surface area contributed by atoms with E-state index in [2.05, 4.69) is 5.32 Å². The van der Waals surface area contributed by atoms with Crippen LogP contribution in [0.3, 0.4) is 0 Å². The summed E-state index contributed by atoms with van der Waals surface area (Å²) in [6.07, 6.45) is -4.57. The highest BCUT2D eigenvalue weighted by atomic mass is 35.5. The third-order valence-electron chi connectivity index (χ3n) is 3.18. The first-order valence-electron chi connectivity index (χ1n) is 6.64. The molecule has 0 spiro atoms. The maximum absolute atomic E-state index is 12.6. The molecule has 2 aromatic rings. The predicted molar refractivity (Wildman–Crippen MR) is 84.1 cm³/mol. The topological polar surface area (TPSA) is 81.5 Å². The van der Waals surface area contributed by atoms with Gasteiger partial charge < -0.3 is 10.1 Å². The third kappa shape index (κ3) is 4.18. The van der Waals surface area contributed by atoms with Crippen molar-refractivity contribution in [1.82, 2.24) is 0 Å². The van der Waals surface area contributed by atoms with Crippen molar-refractivity contribution in [3.63, 3.8) is 0 Å². The highest BCUT2D eigenvalue weighted by Gasteiger charge is 2.31. The molecule has 0 aliphatic rings. The number of nitrogens with one attached hydrogen (secondary N) is 1. The lowest BCUT2D eigenvalue weighted by Crippen LogP contribution is -2.13. The molecule has 0 aliphatic heterocycles. The van der Waals surface area contributed by atoms with Gasteiger partial charge >= 0.3 is 11.9 Å². The van der Waals surface area contributed by atoms with Crippen molar-refractivity contribution in [2.24, 2.45) is 0 Å². The number of halogens is 4. The van der Waals surface area contributed by atoms with Gasteiger partial charge in [0.2, 0.25) is 0 Å². The highest BCUT2D eigenvalue weighted by Crippen LogP contribution is 2.34.